The summed E-state index contributed by atoms with van der Waals surface area (Å²) in [7, 11) is 0. The van der Waals surface area contributed by atoms with Crippen LogP contribution in [0.15, 0.2) is 18.2 Å². The van der Waals surface area contributed by atoms with Gasteiger partial charge in [-0.1, -0.05) is 13.8 Å². The third kappa shape index (κ3) is 2.04. The average molecular weight is 281 g/mol. The molecule has 0 radical (unpaired) electrons. The highest BCUT2D eigenvalue weighted by molar-refractivity contribution is 6.16. The molecule has 3 atom stereocenters. The summed E-state index contributed by atoms with van der Waals surface area (Å²) in [5, 5.41) is 0. The van der Waals surface area contributed by atoms with Gasteiger partial charge in [0.05, 0.1) is 16.9 Å². The Bertz CT molecular complexity index is 607. The average Bonchev–Trinajstić information content (AvgIpc) is 2.91. The van der Waals surface area contributed by atoms with E-state index in [-0.39, 0.29) is 5.82 Å². The van der Waals surface area contributed by atoms with E-state index in [1.54, 1.807) is 12.1 Å². The molecular formula is C15H18ClFN2. The Hall–Kier alpha value is -1.09. The van der Waals surface area contributed by atoms with Gasteiger partial charge in [0.2, 0.25) is 0 Å². The highest BCUT2D eigenvalue weighted by atomic mass is 35.5. The molecular weight excluding hydrogens is 263 g/mol. The van der Waals surface area contributed by atoms with Crippen molar-refractivity contribution in [1.29, 1.82) is 0 Å². The smallest absolute Gasteiger partial charge is 0.125 e. The fraction of sp³-hybridized carbons (Fsp3) is 0.533. The minimum Gasteiger partial charge on any atom is -0.323 e. The molecule has 1 aromatic carbocycles. The first kappa shape index (κ1) is 12.9. The Balaban J connectivity index is 2.18. The molecule has 0 bridgehead atoms. The Kier molecular flexibility index (Phi) is 3.25. The van der Waals surface area contributed by atoms with Crippen molar-refractivity contribution in [2.45, 2.75) is 38.6 Å². The number of hydrogen-bond acceptors (Lipinski definition) is 1. The fourth-order valence-corrected chi connectivity index (χ4v) is 3.47. The minimum absolute atomic E-state index is 0.214. The van der Waals surface area contributed by atoms with Crippen LogP contribution in [0.25, 0.3) is 11.0 Å². The largest absolute Gasteiger partial charge is 0.323 e. The van der Waals surface area contributed by atoms with Gasteiger partial charge in [-0.3, -0.25) is 0 Å². The second kappa shape index (κ2) is 4.78. The normalized spacial score (nSPS) is 27.3. The van der Waals surface area contributed by atoms with Gasteiger partial charge in [0.15, 0.2) is 0 Å². The van der Waals surface area contributed by atoms with Crippen LogP contribution in [0, 0.1) is 17.7 Å². The maximum atomic E-state index is 13.5. The van der Waals surface area contributed by atoms with Crippen LogP contribution in [0.1, 0.15) is 38.6 Å². The number of aromatic nitrogens is 2. The van der Waals surface area contributed by atoms with Crippen LogP contribution in [0.2, 0.25) is 0 Å². The van der Waals surface area contributed by atoms with Gasteiger partial charge in [-0.05, 0) is 42.9 Å². The monoisotopic (exact) mass is 280 g/mol. The van der Waals surface area contributed by atoms with Crippen LogP contribution >= 0.6 is 11.6 Å². The number of halogens is 2. The van der Waals surface area contributed by atoms with E-state index in [4.69, 9.17) is 11.6 Å². The van der Waals surface area contributed by atoms with Crippen molar-refractivity contribution in [2.24, 2.45) is 11.8 Å². The molecule has 102 valence electrons. The number of hydrogen-bond donors (Lipinski definition) is 0. The Labute approximate surface area is 117 Å². The predicted molar refractivity (Wildman–Crippen MR) is 75.8 cm³/mol. The molecule has 1 aliphatic carbocycles. The fourth-order valence-electron chi connectivity index (χ4n) is 3.28. The van der Waals surface area contributed by atoms with Crippen molar-refractivity contribution >= 4 is 22.6 Å². The van der Waals surface area contributed by atoms with E-state index in [0.717, 1.165) is 23.3 Å². The van der Waals surface area contributed by atoms with Gasteiger partial charge in [0, 0.05) is 6.04 Å². The van der Waals surface area contributed by atoms with Crippen LogP contribution in [0.4, 0.5) is 4.39 Å². The zero-order valence-electron chi connectivity index (χ0n) is 11.2. The van der Waals surface area contributed by atoms with Crippen molar-refractivity contribution in [2.75, 3.05) is 0 Å². The number of alkyl halides is 1. The predicted octanol–water partition coefficient (Wildman–Crippen LogP) is 4.52. The third-order valence-corrected chi connectivity index (χ3v) is 4.84. The summed E-state index contributed by atoms with van der Waals surface area (Å²) in [6, 6.07) is 5.16. The SMILES string of the molecule is CC1CCC(n2c(CCl)nc3ccc(F)cc32)C1C. The molecule has 0 amide bonds. The van der Waals surface area contributed by atoms with E-state index in [1.807, 2.05) is 0 Å². The highest BCUT2D eigenvalue weighted by Gasteiger charge is 2.33. The number of fused-ring (bicyclic) bond motifs is 1. The van der Waals surface area contributed by atoms with Crippen LogP contribution in [-0.4, -0.2) is 9.55 Å². The molecule has 3 rings (SSSR count). The molecule has 1 saturated carbocycles. The second-order valence-corrected chi connectivity index (χ2v) is 5.91. The van der Waals surface area contributed by atoms with Crippen molar-refractivity contribution < 1.29 is 4.39 Å². The van der Waals surface area contributed by atoms with Gasteiger partial charge >= 0.3 is 0 Å². The molecule has 1 aromatic heterocycles. The Morgan fingerprint density at radius 1 is 1.37 bits per heavy atom. The number of benzene rings is 1. The summed E-state index contributed by atoms with van der Waals surface area (Å²) in [6.45, 7) is 4.55. The Morgan fingerprint density at radius 3 is 2.79 bits per heavy atom. The number of nitrogens with zero attached hydrogens (tertiary/aromatic N) is 2. The van der Waals surface area contributed by atoms with Gasteiger partial charge in [0.25, 0.3) is 0 Å². The summed E-state index contributed by atoms with van der Waals surface area (Å²) < 4.78 is 15.7. The quantitative estimate of drug-likeness (QED) is 0.740. The summed E-state index contributed by atoms with van der Waals surface area (Å²) >= 11 is 6.03. The molecule has 0 spiro atoms. The third-order valence-electron chi connectivity index (χ3n) is 4.60. The van der Waals surface area contributed by atoms with E-state index in [0.29, 0.717) is 23.8 Å². The molecule has 2 nitrogen and oxygen atoms in total. The number of imidazole rings is 1. The van der Waals surface area contributed by atoms with Gasteiger partial charge < -0.3 is 4.57 Å². The van der Waals surface area contributed by atoms with E-state index < -0.39 is 0 Å². The summed E-state index contributed by atoms with van der Waals surface area (Å²) in [6.07, 6.45) is 2.33. The zero-order valence-corrected chi connectivity index (χ0v) is 12.0. The minimum atomic E-state index is -0.214. The lowest BCUT2D eigenvalue weighted by Gasteiger charge is -2.22. The lowest BCUT2D eigenvalue weighted by Crippen LogP contribution is -2.16. The second-order valence-electron chi connectivity index (χ2n) is 5.65. The van der Waals surface area contributed by atoms with Crippen molar-refractivity contribution in [1.82, 2.24) is 9.55 Å². The van der Waals surface area contributed by atoms with E-state index in [1.165, 1.54) is 12.5 Å². The first-order valence-electron chi connectivity index (χ1n) is 6.84. The summed E-state index contributed by atoms with van der Waals surface area (Å²) in [5.74, 6) is 2.27. The van der Waals surface area contributed by atoms with Crippen molar-refractivity contribution in [3.05, 3.63) is 29.8 Å². The maximum Gasteiger partial charge on any atom is 0.125 e. The molecule has 4 heteroatoms. The van der Waals surface area contributed by atoms with Crippen LogP contribution < -0.4 is 0 Å². The van der Waals surface area contributed by atoms with Gasteiger partial charge in [-0.25, -0.2) is 9.37 Å². The molecule has 2 aromatic rings. The van der Waals surface area contributed by atoms with E-state index in [9.17, 15) is 4.39 Å². The van der Waals surface area contributed by atoms with Gasteiger partial charge in [0.1, 0.15) is 11.6 Å². The van der Waals surface area contributed by atoms with Crippen LogP contribution in [0.5, 0.6) is 0 Å². The van der Waals surface area contributed by atoms with Crippen LogP contribution in [0.3, 0.4) is 0 Å². The Morgan fingerprint density at radius 2 is 2.16 bits per heavy atom. The topological polar surface area (TPSA) is 17.8 Å². The van der Waals surface area contributed by atoms with Crippen molar-refractivity contribution in [3.8, 4) is 0 Å². The maximum absolute atomic E-state index is 13.5. The van der Waals surface area contributed by atoms with Crippen LogP contribution in [-0.2, 0) is 5.88 Å². The molecule has 1 fully saturated rings. The number of rotatable bonds is 2. The molecule has 0 saturated heterocycles. The summed E-state index contributed by atoms with van der Waals surface area (Å²) in [4.78, 5) is 4.54. The van der Waals surface area contributed by atoms with E-state index >= 15 is 0 Å². The first-order chi connectivity index (χ1) is 9.11. The molecule has 1 aliphatic rings. The van der Waals surface area contributed by atoms with E-state index in [2.05, 4.69) is 23.4 Å². The van der Waals surface area contributed by atoms with Gasteiger partial charge in [-0.2, -0.15) is 0 Å². The molecule has 1 heterocycles. The standard InChI is InChI=1S/C15H18ClFN2/c1-9-3-6-13(10(9)2)19-14-7-11(17)4-5-12(14)18-15(19)8-16/h4-5,7,9-10,13H,3,6,8H2,1-2H3. The lowest BCUT2D eigenvalue weighted by atomic mass is 9.97. The zero-order chi connectivity index (χ0) is 13.6. The molecule has 19 heavy (non-hydrogen) atoms. The van der Waals surface area contributed by atoms with Crippen molar-refractivity contribution in [3.63, 3.8) is 0 Å². The first-order valence-corrected chi connectivity index (χ1v) is 7.37. The lowest BCUT2D eigenvalue weighted by molar-refractivity contribution is 0.354. The summed E-state index contributed by atoms with van der Waals surface area (Å²) in [5.41, 5.74) is 1.71. The van der Waals surface area contributed by atoms with Gasteiger partial charge in [-0.15, -0.1) is 11.6 Å². The molecule has 0 N–H and O–H groups in total. The molecule has 3 unspecified atom stereocenters. The highest BCUT2D eigenvalue weighted by Crippen LogP contribution is 2.42. The molecule has 0 aliphatic heterocycles.